The second-order valence-corrected chi connectivity index (χ2v) is 4.07. The Morgan fingerprint density at radius 3 is 2.14 bits per heavy atom. The molecule has 0 aromatic heterocycles. The first-order chi connectivity index (χ1) is 6.31. The normalized spacial score (nSPS) is 38.9. The number of phosphoric acid groups is 1. The van der Waals surface area contributed by atoms with Gasteiger partial charge in [-0.1, -0.05) is 0 Å². The van der Waals surface area contributed by atoms with Gasteiger partial charge in [0.1, 0.15) is 18.3 Å². The second kappa shape index (κ2) is 4.21. The highest BCUT2D eigenvalue weighted by atomic mass is 31.2. The van der Waals surface area contributed by atoms with E-state index in [-0.39, 0.29) is 0 Å². The number of rotatable bonds is 3. The molecule has 4 atom stereocenters. The predicted octanol–water partition coefficient (Wildman–Crippen LogP) is -2.47. The lowest BCUT2D eigenvalue weighted by Crippen LogP contribution is -2.34. The van der Waals surface area contributed by atoms with E-state index in [1.807, 2.05) is 0 Å². The van der Waals surface area contributed by atoms with E-state index in [9.17, 15) is 4.57 Å². The molecule has 0 radical (unpaired) electrons. The third kappa shape index (κ3) is 2.97. The molecule has 1 saturated heterocycles. The summed E-state index contributed by atoms with van der Waals surface area (Å²) in [6, 6.07) is 0. The maximum absolute atomic E-state index is 10.3. The van der Waals surface area contributed by atoms with Crippen LogP contribution in [0.25, 0.3) is 0 Å². The summed E-state index contributed by atoms with van der Waals surface area (Å²) >= 11 is 0. The van der Waals surface area contributed by atoms with Crippen LogP contribution < -0.4 is 0 Å². The minimum Gasteiger partial charge on any atom is -0.387 e. The van der Waals surface area contributed by atoms with E-state index in [1.165, 1.54) is 0 Å². The zero-order chi connectivity index (χ0) is 10.9. The quantitative estimate of drug-likeness (QED) is 0.336. The summed E-state index contributed by atoms with van der Waals surface area (Å²) in [7, 11) is -4.64. The fourth-order valence-electron chi connectivity index (χ4n) is 1.04. The largest absolute Gasteiger partial charge is 0.469 e. The molecule has 0 bridgehead atoms. The van der Waals surface area contributed by atoms with Crippen molar-refractivity contribution < 1.29 is 38.9 Å². The lowest BCUT2D eigenvalue weighted by molar-refractivity contribution is -0.132. The van der Waals surface area contributed by atoms with Gasteiger partial charge < -0.3 is 29.8 Å². The van der Waals surface area contributed by atoms with Crippen molar-refractivity contribution in [1.29, 1.82) is 0 Å². The van der Waals surface area contributed by atoms with Gasteiger partial charge in [0.05, 0.1) is 6.61 Å². The maximum Gasteiger partial charge on any atom is 0.469 e. The first-order valence-electron chi connectivity index (χ1n) is 3.71. The molecule has 0 amide bonds. The van der Waals surface area contributed by atoms with Crippen LogP contribution in [-0.4, -0.2) is 56.3 Å². The van der Waals surface area contributed by atoms with E-state index < -0.39 is 39.0 Å². The monoisotopic (exact) mass is 230 g/mol. The van der Waals surface area contributed by atoms with E-state index in [1.54, 1.807) is 0 Å². The SMILES string of the molecule is O=P(O)(O)OC[C@H]1O[C@H](O)[C@H](O)[C@@H]1O. The number of aliphatic hydroxyl groups is 3. The molecule has 8 nitrogen and oxygen atoms in total. The van der Waals surface area contributed by atoms with Crippen molar-refractivity contribution in [3.8, 4) is 0 Å². The zero-order valence-corrected chi connectivity index (χ0v) is 7.82. The fourth-order valence-corrected chi connectivity index (χ4v) is 1.38. The van der Waals surface area contributed by atoms with Crippen molar-refractivity contribution in [1.82, 2.24) is 0 Å². The first-order valence-corrected chi connectivity index (χ1v) is 5.24. The van der Waals surface area contributed by atoms with Crippen molar-refractivity contribution >= 4 is 7.82 Å². The van der Waals surface area contributed by atoms with Gasteiger partial charge in [-0.2, -0.15) is 0 Å². The van der Waals surface area contributed by atoms with Crippen molar-refractivity contribution in [2.45, 2.75) is 24.6 Å². The maximum atomic E-state index is 10.3. The number of hydrogen-bond acceptors (Lipinski definition) is 6. The molecule has 1 aliphatic rings. The Morgan fingerprint density at radius 1 is 1.21 bits per heavy atom. The lowest BCUT2D eigenvalue weighted by atomic mass is 10.1. The molecule has 0 aliphatic carbocycles. The zero-order valence-electron chi connectivity index (χ0n) is 6.92. The van der Waals surface area contributed by atoms with Crippen LogP contribution in [0.3, 0.4) is 0 Å². The number of aliphatic hydroxyl groups excluding tert-OH is 3. The van der Waals surface area contributed by atoms with Gasteiger partial charge in [0.15, 0.2) is 6.29 Å². The predicted molar refractivity (Wildman–Crippen MR) is 40.9 cm³/mol. The second-order valence-electron chi connectivity index (χ2n) is 2.83. The van der Waals surface area contributed by atoms with Gasteiger partial charge in [-0.15, -0.1) is 0 Å². The molecule has 84 valence electrons. The van der Waals surface area contributed by atoms with Gasteiger partial charge in [-0.05, 0) is 0 Å². The van der Waals surface area contributed by atoms with Gasteiger partial charge in [0, 0.05) is 0 Å². The molecule has 0 aromatic carbocycles. The first kappa shape index (κ1) is 12.0. The lowest BCUT2D eigenvalue weighted by Gasteiger charge is -2.14. The third-order valence-electron chi connectivity index (χ3n) is 1.74. The Morgan fingerprint density at radius 2 is 1.79 bits per heavy atom. The Balaban J connectivity index is 2.44. The van der Waals surface area contributed by atoms with E-state index in [0.29, 0.717) is 0 Å². The van der Waals surface area contributed by atoms with E-state index >= 15 is 0 Å². The molecule has 1 heterocycles. The van der Waals surface area contributed by atoms with Crippen LogP contribution in [0.4, 0.5) is 0 Å². The van der Waals surface area contributed by atoms with Crippen LogP contribution in [0.1, 0.15) is 0 Å². The number of hydrogen-bond donors (Lipinski definition) is 5. The number of ether oxygens (including phenoxy) is 1. The summed E-state index contributed by atoms with van der Waals surface area (Å²) in [6.07, 6.45) is -5.67. The van der Waals surface area contributed by atoms with Crippen molar-refractivity contribution in [3.63, 3.8) is 0 Å². The van der Waals surface area contributed by atoms with Crippen molar-refractivity contribution in [2.24, 2.45) is 0 Å². The van der Waals surface area contributed by atoms with E-state index in [4.69, 9.17) is 25.1 Å². The minimum absolute atomic E-state index is 0.612. The smallest absolute Gasteiger partial charge is 0.387 e. The van der Waals surface area contributed by atoms with Crippen LogP contribution in [0, 0.1) is 0 Å². The highest BCUT2D eigenvalue weighted by Gasteiger charge is 2.42. The molecule has 14 heavy (non-hydrogen) atoms. The average molecular weight is 230 g/mol. The fraction of sp³-hybridized carbons (Fsp3) is 1.00. The van der Waals surface area contributed by atoms with Crippen LogP contribution >= 0.6 is 7.82 Å². The highest BCUT2D eigenvalue weighted by Crippen LogP contribution is 2.36. The molecule has 0 unspecified atom stereocenters. The van der Waals surface area contributed by atoms with Crippen LogP contribution in [0.5, 0.6) is 0 Å². The number of phosphoric ester groups is 1. The Kier molecular flexibility index (Phi) is 3.62. The van der Waals surface area contributed by atoms with Gasteiger partial charge in [-0.25, -0.2) is 4.57 Å². The standard InChI is InChI=1S/C5H11O8P/c6-3-2(1-12-14(9,10)11)13-5(8)4(3)7/h2-8H,1H2,(H2,9,10,11)/t2-,3-,4-,5+/m1/s1. The highest BCUT2D eigenvalue weighted by molar-refractivity contribution is 7.46. The van der Waals surface area contributed by atoms with E-state index in [0.717, 1.165) is 0 Å². The molecule has 5 N–H and O–H groups in total. The topological polar surface area (TPSA) is 137 Å². The van der Waals surface area contributed by atoms with Crippen molar-refractivity contribution in [2.75, 3.05) is 6.61 Å². The molecule has 0 spiro atoms. The summed E-state index contributed by atoms with van der Waals surface area (Å²) in [5, 5.41) is 27.0. The summed E-state index contributed by atoms with van der Waals surface area (Å²) < 4.78 is 18.9. The Bertz CT molecular complexity index is 238. The molecule has 1 aliphatic heterocycles. The molecular weight excluding hydrogens is 219 g/mol. The summed E-state index contributed by atoms with van der Waals surface area (Å²) in [5.74, 6) is 0. The molecular formula is C5H11O8P. The molecule has 0 aromatic rings. The van der Waals surface area contributed by atoms with E-state index in [2.05, 4.69) is 9.26 Å². The van der Waals surface area contributed by atoms with Crippen LogP contribution in [0.15, 0.2) is 0 Å². The third-order valence-corrected chi connectivity index (χ3v) is 2.23. The van der Waals surface area contributed by atoms with Gasteiger partial charge in [-0.3, -0.25) is 4.52 Å². The summed E-state index contributed by atoms with van der Waals surface area (Å²) in [5.41, 5.74) is 0. The summed E-state index contributed by atoms with van der Waals surface area (Å²) in [6.45, 7) is -0.612. The molecule has 1 fully saturated rings. The van der Waals surface area contributed by atoms with Gasteiger partial charge in [0.25, 0.3) is 0 Å². The Labute approximate surface area is 78.9 Å². The average Bonchev–Trinajstić information content (AvgIpc) is 2.28. The summed E-state index contributed by atoms with van der Waals surface area (Å²) in [4.78, 5) is 16.6. The van der Waals surface area contributed by atoms with Gasteiger partial charge in [0.2, 0.25) is 0 Å². The van der Waals surface area contributed by atoms with Gasteiger partial charge >= 0.3 is 7.82 Å². The Hall–Kier alpha value is -0.0500. The van der Waals surface area contributed by atoms with Crippen LogP contribution in [-0.2, 0) is 13.8 Å². The van der Waals surface area contributed by atoms with Crippen molar-refractivity contribution in [3.05, 3.63) is 0 Å². The molecule has 1 rings (SSSR count). The molecule has 0 saturated carbocycles. The van der Waals surface area contributed by atoms with Crippen LogP contribution in [0.2, 0.25) is 0 Å². The molecule has 9 heteroatoms. The minimum atomic E-state index is -4.64.